The van der Waals surface area contributed by atoms with Crippen molar-refractivity contribution in [1.29, 1.82) is 0 Å². The molecule has 1 aliphatic carbocycles. The summed E-state index contributed by atoms with van der Waals surface area (Å²) in [5.74, 6) is 0.301. The molecule has 13 heavy (non-hydrogen) atoms. The van der Waals surface area contributed by atoms with Crippen molar-refractivity contribution in [2.24, 2.45) is 5.92 Å². The molecule has 0 amide bonds. The normalized spacial score (nSPS) is 34.2. The molecule has 0 heterocycles. The first kappa shape index (κ1) is 10.5. The molecular weight excluding hydrogens is 172 g/mol. The summed E-state index contributed by atoms with van der Waals surface area (Å²) >= 11 is 0. The molecule has 0 aromatic carbocycles. The predicted octanol–water partition coefficient (Wildman–Crippen LogP) is 0.0730. The van der Waals surface area contributed by atoms with Gasteiger partial charge in [0.15, 0.2) is 0 Å². The summed E-state index contributed by atoms with van der Waals surface area (Å²) in [6.07, 6.45) is 2.91. The quantitative estimate of drug-likeness (QED) is 0.613. The maximum Gasteiger partial charge on any atom is 0.293 e. The molecule has 0 aromatic heterocycles. The number of carbonyl (C=O) groups excluding carboxylic acids is 1. The highest BCUT2D eigenvalue weighted by atomic mass is 16.5. The minimum absolute atomic E-state index is 0.121. The Morgan fingerprint density at radius 2 is 2.00 bits per heavy atom. The first-order valence-corrected chi connectivity index (χ1v) is 4.59. The van der Waals surface area contributed by atoms with Gasteiger partial charge in [-0.2, -0.15) is 0 Å². The van der Waals surface area contributed by atoms with Crippen molar-refractivity contribution in [1.82, 2.24) is 0 Å². The lowest BCUT2D eigenvalue weighted by molar-refractivity contribution is -0.154. The first-order chi connectivity index (χ1) is 6.26. The van der Waals surface area contributed by atoms with Gasteiger partial charge in [0.05, 0.1) is 6.61 Å². The summed E-state index contributed by atoms with van der Waals surface area (Å²) in [6, 6.07) is 0. The predicted molar refractivity (Wildman–Crippen MR) is 46.0 cm³/mol. The van der Waals surface area contributed by atoms with Gasteiger partial charge in [-0.1, -0.05) is 0 Å². The van der Waals surface area contributed by atoms with E-state index < -0.39 is 5.60 Å². The number of hydrogen-bond acceptors (Lipinski definition) is 4. The molecule has 0 bridgehead atoms. The molecule has 0 radical (unpaired) electrons. The van der Waals surface area contributed by atoms with Crippen LogP contribution in [-0.2, 0) is 9.53 Å². The molecule has 1 aliphatic rings. The van der Waals surface area contributed by atoms with Crippen molar-refractivity contribution in [3.63, 3.8) is 0 Å². The van der Waals surface area contributed by atoms with Gasteiger partial charge in [-0.15, -0.1) is 0 Å². The number of rotatable bonds is 4. The van der Waals surface area contributed by atoms with E-state index in [0.29, 0.717) is 25.2 Å². The van der Waals surface area contributed by atoms with Crippen LogP contribution in [0.15, 0.2) is 0 Å². The van der Waals surface area contributed by atoms with E-state index >= 15 is 0 Å². The standard InChI is InChI=1S/C9H16O4/c10-5-8-1-3-9(6-11,4-2-8)13-7-12/h7-8,10-11H,1-6H2. The highest BCUT2D eigenvalue weighted by Gasteiger charge is 2.36. The van der Waals surface area contributed by atoms with Crippen molar-refractivity contribution < 1.29 is 19.7 Å². The van der Waals surface area contributed by atoms with Gasteiger partial charge < -0.3 is 14.9 Å². The lowest BCUT2D eigenvalue weighted by Gasteiger charge is -2.36. The SMILES string of the molecule is O=COC1(CO)CCC(CO)CC1. The summed E-state index contributed by atoms with van der Waals surface area (Å²) in [5, 5.41) is 18.0. The fraction of sp³-hybridized carbons (Fsp3) is 0.889. The summed E-state index contributed by atoms with van der Waals surface area (Å²) < 4.78 is 4.90. The molecule has 1 saturated carbocycles. The molecule has 0 aromatic rings. The fourth-order valence-electron chi connectivity index (χ4n) is 1.80. The molecule has 0 saturated heterocycles. The van der Waals surface area contributed by atoms with Gasteiger partial charge in [0, 0.05) is 6.61 Å². The van der Waals surface area contributed by atoms with Crippen LogP contribution in [0, 0.1) is 5.92 Å². The van der Waals surface area contributed by atoms with Crippen LogP contribution in [0.5, 0.6) is 0 Å². The Balaban J connectivity index is 2.47. The average Bonchev–Trinajstić information content (AvgIpc) is 2.19. The molecule has 0 atom stereocenters. The Morgan fingerprint density at radius 3 is 2.38 bits per heavy atom. The zero-order valence-corrected chi connectivity index (χ0v) is 7.61. The highest BCUT2D eigenvalue weighted by molar-refractivity contribution is 5.38. The van der Waals surface area contributed by atoms with E-state index in [-0.39, 0.29) is 13.2 Å². The van der Waals surface area contributed by atoms with E-state index in [1.54, 1.807) is 0 Å². The molecule has 0 aliphatic heterocycles. The van der Waals surface area contributed by atoms with Gasteiger partial charge in [0.2, 0.25) is 0 Å². The minimum Gasteiger partial charge on any atom is -0.459 e. The number of aliphatic hydroxyl groups excluding tert-OH is 2. The molecule has 1 fully saturated rings. The minimum atomic E-state index is -0.673. The third-order valence-electron chi connectivity index (χ3n) is 2.86. The molecular formula is C9H16O4. The molecule has 2 N–H and O–H groups in total. The van der Waals surface area contributed by atoms with Crippen LogP contribution in [0.3, 0.4) is 0 Å². The second kappa shape index (κ2) is 4.58. The van der Waals surface area contributed by atoms with Crippen LogP contribution >= 0.6 is 0 Å². The van der Waals surface area contributed by atoms with E-state index in [1.165, 1.54) is 0 Å². The smallest absolute Gasteiger partial charge is 0.293 e. The maximum absolute atomic E-state index is 10.2. The molecule has 4 heteroatoms. The summed E-state index contributed by atoms with van der Waals surface area (Å²) in [5.41, 5.74) is -0.673. The van der Waals surface area contributed by atoms with Gasteiger partial charge in [0.1, 0.15) is 5.60 Å². The van der Waals surface area contributed by atoms with Gasteiger partial charge in [-0.3, -0.25) is 4.79 Å². The fourth-order valence-corrected chi connectivity index (χ4v) is 1.80. The summed E-state index contributed by atoms with van der Waals surface area (Å²) in [7, 11) is 0. The lowest BCUT2D eigenvalue weighted by atomic mass is 9.79. The number of carbonyl (C=O) groups is 1. The van der Waals surface area contributed by atoms with Gasteiger partial charge in [0.25, 0.3) is 6.47 Å². The Bertz CT molecular complexity index is 161. The van der Waals surface area contributed by atoms with E-state index in [9.17, 15) is 4.79 Å². The Hall–Kier alpha value is -0.610. The van der Waals surface area contributed by atoms with Crippen molar-refractivity contribution in [3.05, 3.63) is 0 Å². The zero-order valence-electron chi connectivity index (χ0n) is 7.61. The molecule has 1 rings (SSSR count). The van der Waals surface area contributed by atoms with Gasteiger partial charge in [-0.05, 0) is 31.6 Å². The third kappa shape index (κ3) is 2.42. The Labute approximate surface area is 77.5 Å². The highest BCUT2D eigenvalue weighted by Crippen LogP contribution is 2.33. The molecule has 0 unspecified atom stereocenters. The van der Waals surface area contributed by atoms with Crippen LogP contribution in [0.25, 0.3) is 0 Å². The second-order valence-electron chi connectivity index (χ2n) is 3.68. The number of aliphatic hydroxyl groups is 2. The van der Waals surface area contributed by atoms with Crippen LogP contribution in [0.1, 0.15) is 25.7 Å². The second-order valence-corrected chi connectivity index (χ2v) is 3.68. The van der Waals surface area contributed by atoms with Crippen LogP contribution in [0.4, 0.5) is 0 Å². The zero-order chi connectivity index (χ0) is 9.73. The van der Waals surface area contributed by atoms with E-state index in [2.05, 4.69) is 0 Å². The summed E-state index contributed by atoms with van der Waals surface area (Å²) in [4.78, 5) is 10.2. The molecule has 0 spiro atoms. The molecule has 4 nitrogen and oxygen atoms in total. The first-order valence-electron chi connectivity index (χ1n) is 4.59. The lowest BCUT2D eigenvalue weighted by Crippen LogP contribution is -2.41. The van der Waals surface area contributed by atoms with Gasteiger partial charge >= 0.3 is 0 Å². The van der Waals surface area contributed by atoms with E-state index in [4.69, 9.17) is 14.9 Å². The Kier molecular flexibility index (Phi) is 3.69. The van der Waals surface area contributed by atoms with Gasteiger partial charge in [-0.25, -0.2) is 0 Å². The van der Waals surface area contributed by atoms with Crippen molar-refractivity contribution in [2.45, 2.75) is 31.3 Å². The van der Waals surface area contributed by atoms with E-state index in [1.807, 2.05) is 0 Å². The average molecular weight is 188 g/mol. The Morgan fingerprint density at radius 1 is 1.38 bits per heavy atom. The molecule has 76 valence electrons. The van der Waals surface area contributed by atoms with Crippen molar-refractivity contribution in [3.8, 4) is 0 Å². The number of ether oxygens (including phenoxy) is 1. The summed E-state index contributed by atoms with van der Waals surface area (Å²) in [6.45, 7) is 0.460. The van der Waals surface area contributed by atoms with Crippen LogP contribution < -0.4 is 0 Å². The number of hydrogen-bond donors (Lipinski definition) is 2. The van der Waals surface area contributed by atoms with Crippen LogP contribution in [-0.4, -0.2) is 35.5 Å². The van der Waals surface area contributed by atoms with Crippen molar-refractivity contribution >= 4 is 6.47 Å². The van der Waals surface area contributed by atoms with Crippen molar-refractivity contribution in [2.75, 3.05) is 13.2 Å². The van der Waals surface area contributed by atoms with Crippen LogP contribution in [0.2, 0.25) is 0 Å². The maximum atomic E-state index is 10.2. The largest absolute Gasteiger partial charge is 0.459 e. The monoisotopic (exact) mass is 188 g/mol. The topological polar surface area (TPSA) is 66.8 Å². The third-order valence-corrected chi connectivity index (χ3v) is 2.86. The van der Waals surface area contributed by atoms with E-state index in [0.717, 1.165) is 12.8 Å².